The van der Waals surface area contributed by atoms with Crippen molar-refractivity contribution in [3.63, 3.8) is 0 Å². The first-order valence-corrected chi connectivity index (χ1v) is 14.9. The summed E-state index contributed by atoms with van der Waals surface area (Å²) in [5.41, 5.74) is -1.26. The zero-order chi connectivity index (χ0) is 35.8. The number of hydrogen-bond donors (Lipinski definition) is 1. The second-order valence-corrected chi connectivity index (χ2v) is 11.4. The Morgan fingerprint density at radius 1 is 1.04 bits per heavy atom. The summed E-state index contributed by atoms with van der Waals surface area (Å²) in [5.74, 6) is -7.13. The lowest BCUT2D eigenvalue weighted by Crippen LogP contribution is -2.47. The highest BCUT2D eigenvalue weighted by molar-refractivity contribution is 5.98. The summed E-state index contributed by atoms with van der Waals surface area (Å²) in [7, 11) is 1.29. The van der Waals surface area contributed by atoms with Crippen LogP contribution in [0.4, 0.5) is 13.2 Å². The van der Waals surface area contributed by atoms with Gasteiger partial charge in [-0.05, 0) is 25.0 Å². The number of esters is 4. The van der Waals surface area contributed by atoms with Crippen molar-refractivity contribution in [3.05, 3.63) is 53.3 Å². The summed E-state index contributed by atoms with van der Waals surface area (Å²) in [6.07, 6.45) is -6.59. The first-order valence-electron chi connectivity index (χ1n) is 14.9. The number of nitrogens with zero attached hydrogens (tertiary/aromatic N) is 1. The number of methoxy groups -OCH3 is 1. The Balaban J connectivity index is 1.90. The van der Waals surface area contributed by atoms with E-state index in [0.717, 1.165) is 12.1 Å². The molecule has 0 unspecified atom stereocenters. The van der Waals surface area contributed by atoms with Crippen LogP contribution in [0.2, 0.25) is 0 Å². The molecule has 0 spiro atoms. The maximum absolute atomic E-state index is 13.5. The summed E-state index contributed by atoms with van der Waals surface area (Å²) >= 11 is 0. The van der Waals surface area contributed by atoms with Gasteiger partial charge in [0.15, 0.2) is 29.3 Å². The Bertz CT molecular complexity index is 1500. The molecule has 262 valence electrons. The number of nitrogens with one attached hydrogen (secondary N) is 1. The lowest BCUT2D eigenvalue weighted by Gasteiger charge is -2.29. The van der Waals surface area contributed by atoms with E-state index in [1.54, 1.807) is 13.8 Å². The number of rotatable bonds is 11. The van der Waals surface area contributed by atoms with Crippen molar-refractivity contribution in [1.29, 1.82) is 0 Å². The number of carbonyl (C=O) groups is 5. The molecule has 1 aromatic carbocycles. The van der Waals surface area contributed by atoms with Crippen molar-refractivity contribution in [2.24, 2.45) is 17.8 Å². The van der Waals surface area contributed by atoms with Crippen molar-refractivity contribution < 1.29 is 65.6 Å². The molecule has 3 rings (SSSR count). The van der Waals surface area contributed by atoms with Crippen LogP contribution in [0.1, 0.15) is 56.2 Å². The summed E-state index contributed by atoms with van der Waals surface area (Å²) in [5, 5.41) is 2.36. The zero-order valence-electron chi connectivity index (χ0n) is 27.1. The summed E-state index contributed by atoms with van der Waals surface area (Å²) < 4.78 is 72.4. The average Bonchev–Trinajstić information content (AvgIpc) is 3.06. The number of cyclic esters (lactones) is 2. The molecule has 1 aliphatic rings. The number of pyridine rings is 1. The summed E-state index contributed by atoms with van der Waals surface area (Å²) in [6.45, 7) is 6.26. The predicted molar refractivity (Wildman–Crippen MR) is 158 cm³/mol. The Labute approximate surface area is 274 Å². The van der Waals surface area contributed by atoms with Gasteiger partial charge in [0, 0.05) is 12.3 Å². The molecule has 1 N–H and O–H groups in total. The van der Waals surface area contributed by atoms with Crippen LogP contribution < -0.4 is 14.8 Å². The molecule has 1 amide bonds. The highest BCUT2D eigenvalue weighted by atomic mass is 19.4. The number of hydrogen-bond acceptors (Lipinski definition) is 12. The quantitative estimate of drug-likeness (QED) is 0.208. The molecule has 4 atom stereocenters. The lowest BCUT2D eigenvalue weighted by atomic mass is 9.90. The Morgan fingerprint density at radius 2 is 1.73 bits per heavy atom. The molecule has 16 heteroatoms. The number of alkyl halides is 3. The van der Waals surface area contributed by atoms with E-state index in [9.17, 15) is 37.1 Å². The normalized spacial score (nSPS) is 20.1. The molecule has 1 aromatic heterocycles. The molecule has 1 aliphatic heterocycles. The van der Waals surface area contributed by atoms with Gasteiger partial charge in [-0.1, -0.05) is 45.9 Å². The standard InChI is InChI=1S/C32H37F3N2O11/c1-16(2)28(39)46-15-45-26-23(43-6)10-11-36-24(26)27(38)37-22-14-44-30(41)21(13-19-8-7-9-20(12-19)32(33,34)35)25(18(5)47-31(22)42)48-29(40)17(3)4/h7-12,16-18,21-22,25H,13-15H2,1-6H3,(H,37,38)/t18-,21+,22-,25-/m0/s1. The predicted octanol–water partition coefficient (Wildman–Crippen LogP) is 3.66. The Morgan fingerprint density at radius 3 is 2.35 bits per heavy atom. The van der Waals surface area contributed by atoms with Gasteiger partial charge in [-0.25, -0.2) is 9.78 Å². The molecule has 13 nitrogen and oxygen atoms in total. The van der Waals surface area contributed by atoms with Gasteiger partial charge in [-0.3, -0.25) is 19.2 Å². The van der Waals surface area contributed by atoms with Gasteiger partial charge in [0.2, 0.25) is 6.79 Å². The fourth-order valence-electron chi connectivity index (χ4n) is 4.44. The Kier molecular flexibility index (Phi) is 12.7. The minimum atomic E-state index is -4.66. The molecule has 0 bridgehead atoms. The minimum Gasteiger partial charge on any atom is -0.493 e. The van der Waals surface area contributed by atoms with Crippen molar-refractivity contribution >= 4 is 29.8 Å². The molecular formula is C32H37F3N2O11. The second-order valence-electron chi connectivity index (χ2n) is 11.4. The number of benzene rings is 1. The molecule has 0 radical (unpaired) electrons. The van der Waals surface area contributed by atoms with Gasteiger partial charge in [-0.2, -0.15) is 13.2 Å². The van der Waals surface area contributed by atoms with E-state index in [0.29, 0.717) is 0 Å². The minimum absolute atomic E-state index is 0.0417. The smallest absolute Gasteiger partial charge is 0.416 e. The number of aromatic nitrogens is 1. The van der Waals surface area contributed by atoms with E-state index in [1.807, 2.05) is 0 Å². The number of carbonyl (C=O) groups excluding carboxylic acids is 5. The Hall–Kier alpha value is -4.89. The molecule has 0 saturated carbocycles. The monoisotopic (exact) mass is 682 g/mol. The number of amides is 1. The van der Waals surface area contributed by atoms with Crippen LogP contribution in [0.25, 0.3) is 0 Å². The molecule has 0 aliphatic carbocycles. The van der Waals surface area contributed by atoms with Crippen molar-refractivity contribution in [3.8, 4) is 11.5 Å². The van der Waals surface area contributed by atoms with E-state index in [4.69, 9.17) is 28.4 Å². The van der Waals surface area contributed by atoms with Crippen LogP contribution in [0.3, 0.4) is 0 Å². The van der Waals surface area contributed by atoms with Crippen molar-refractivity contribution in [2.45, 2.75) is 65.5 Å². The van der Waals surface area contributed by atoms with Crippen molar-refractivity contribution in [2.75, 3.05) is 20.5 Å². The fraction of sp³-hybridized carbons (Fsp3) is 0.500. The van der Waals surface area contributed by atoms with E-state index in [1.165, 1.54) is 52.3 Å². The first kappa shape index (κ1) is 37.6. The zero-order valence-corrected chi connectivity index (χ0v) is 27.1. The maximum atomic E-state index is 13.5. The third-order valence-electron chi connectivity index (χ3n) is 7.06. The average molecular weight is 683 g/mol. The van der Waals surface area contributed by atoms with Gasteiger partial charge in [0.1, 0.15) is 18.6 Å². The van der Waals surface area contributed by atoms with Gasteiger partial charge in [-0.15, -0.1) is 0 Å². The first-order chi connectivity index (χ1) is 22.5. The van der Waals surface area contributed by atoms with Crippen LogP contribution in [-0.4, -0.2) is 73.5 Å². The molecule has 1 saturated heterocycles. The largest absolute Gasteiger partial charge is 0.493 e. The van der Waals surface area contributed by atoms with Gasteiger partial charge in [0.25, 0.3) is 5.91 Å². The van der Waals surface area contributed by atoms with E-state index in [-0.39, 0.29) is 29.2 Å². The molecule has 2 aromatic rings. The molecule has 48 heavy (non-hydrogen) atoms. The molecular weight excluding hydrogens is 645 g/mol. The number of ether oxygens (including phenoxy) is 6. The van der Waals surface area contributed by atoms with Crippen LogP contribution in [0.15, 0.2) is 36.5 Å². The van der Waals surface area contributed by atoms with E-state index in [2.05, 4.69) is 10.3 Å². The molecule has 2 heterocycles. The third kappa shape index (κ3) is 9.81. The summed E-state index contributed by atoms with van der Waals surface area (Å²) in [6, 6.07) is 4.01. The second kappa shape index (κ2) is 16.3. The van der Waals surface area contributed by atoms with E-state index >= 15 is 0 Å². The summed E-state index contributed by atoms with van der Waals surface area (Å²) in [4.78, 5) is 68.6. The van der Waals surface area contributed by atoms with Crippen molar-refractivity contribution in [1.82, 2.24) is 10.3 Å². The molecule has 1 fully saturated rings. The third-order valence-corrected chi connectivity index (χ3v) is 7.06. The van der Waals surface area contributed by atoms with Gasteiger partial charge < -0.3 is 33.7 Å². The van der Waals surface area contributed by atoms with Gasteiger partial charge in [0.05, 0.1) is 24.5 Å². The van der Waals surface area contributed by atoms with Crippen LogP contribution in [-0.2, 0) is 50.7 Å². The van der Waals surface area contributed by atoms with Crippen LogP contribution in [0.5, 0.6) is 11.5 Å². The topological polar surface area (TPSA) is 166 Å². The number of halogens is 3. The van der Waals surface area contributed by atoms with Crippen LogP contribution in [0, 0.1) is 17.8 Å². The lowest BCUT2D eigenvalue weighted by molar-refractivity contribution is -0.176. The highest BCUT2D eigenvalue weighted by Gasteiger charge is 2.43. The fourth-order valence-corrected chi connectivity index (χ4v) is 4.44. The SMILES string of the molecule is COc1ccnc(C(=O)N[C@H]2COC(=O)[C@H](Cc3cccc(C(F)(F)F)c3)[C@@H](OC(=O)C(C)C)[C@H](C)OC2=O)c1OCOC(=O)C(C)C. The maximum Gasteiger partial charge on any atom is 0.416 e. The van der Waals surface area contributed by atoms with Gasteiger partial charge >= 0.3 is 30.1 Å². The highest BCUT2D eigenvalue weighted by Crippen LogP contribution is 2.32. The van der Waals surface area contributed by atoms with E-state index < -0.39 is 90.9 Å². The van der Waals surface area contributed by atoms with Crippen LogP contribution >= 0.6 is 0 Å².